The molecule has 3 aromatic rings. The molecule has 0 aliphatic heterocycles. The van der Waals surface area contributed by atoms with Gasteiger partial charge in [0.1, 0.15) is 10.6 Å². The number of rotatable bonds is 5. The minimum absolute atomic E-state index is 0.117. The first-order valence-corrected chi connectivity index (χ1v) is 9.44. The number of hydrogen-bond donors (Lipinski definition) is 1. The van der Waals surface area contributed by atoms with Gasteiger partial charge in [-0.15, -0.1) is 11.3 Å². The van der Waals surface area contributed by atoms with Gasteiger partial charge in [-0.25, -0.2) is 9.37 Å². The lowest BCUT2D eigenvalue weighted by Gasteiger charge is -2.14. The third-order valence-electron chi connectivity index (χ3n) is 3.74. The summed E-state index contributed by atoms with van der Waals surface area (Å²) in [6, 6.07) is 7.53. The van der Waals surface area contributed by atoms with Crippen LogP contribution in [0.15, 0.2) is 45.7 Å². The van der Waals surface area contributed by atoms with Gasteiger partial charge in [0, 0.05) is 7.05 Å². The summed E-state index contributed by atoms with van der Waals surface area (Å²) in [4.78, 5) is 29.5. The predicted molar refractivity (Wildman–Crippen MR) is 98.5 cm³/mol. The average molecular weight is 377 g/mol. The second-order valence-corrected chi connectivity index (χ2v) is 7.36. The quantitative estimate of drug-likeness (QED) is 0.548. The first kappa shape index (κ1) is 17.6. The zero-order chi connectivity index (χ0) is 18.0. The van der Waals surface area contributed by atoms with Crippen molar-refractivity contribution in [1.82, 2.24) is 14.9 Å². The number of aromatic nitrogens is 2. The number of thiophene rings is 1. The van der Waals surface area contributed by atoms with Gasteiger partial charge in [-0.1, -0.05) is 23.9 Å². The van der Waals surface area contributed by atoms with Crippen LogP contribution in [0.1, 0.15) is 18.5 Å². The lowest BCUT2D eigenvalue weighted by atomic mass is 10.1. The molecule has 0 spiro atoms. The molecular formula is C17H16FN3O2S2. The summed E-state index contributed by atoms with van der Waals surface area (Å²) in [6.45, 7) is 1.83. The van der Waals surface area contributed by atoms with Crippen molar-refractivity contribution in [2.24, 2.45) is 7.05 Å². The topological polar surface area (TPSA) is 64.0 Å². The highest BCUT2D eigenvalue weighted by Crippen LogP contribution is 2.20. The molecule has 8 heteroatoms. The third kappa shape index (κ3) is 3.91. The molecule has 0 aliphatic carbocycles. The highest BCUT2D eigenvalue weighted by molar-refractivity contribution is 7.99. The Morgan fingerprint density at radius 1 is 1.36 bits per heavy atom. The molecule has 3 rings (SSSR count). The Hall–Kier alpha value is -2.19. The van der Waals surface area contributed by atoms with Crippen molar-refractivity contribution < 1.29 is 9.18 Å². The second kappa shape index (κ2) is 7.37. The van der Waals surface area contributed by atoms with E-state index in [1.54, 1.807) is 25.2 Å². The maximum Gasteiger partial charge on any atom is 0.262 e. The molecule has 5 nitrogen and oxygen atoms in total. The van der Waals surface area contributed by atoms with Gasteiger partial charge in [-0.2, -0.15) is 0 Å². The van der Waals surface area contributed by atoms with E-state index in [-0.39, 0.29) is 29.1 Å². The highest BCUT2D eigenvalue weighted by atomic mass is 32.2. The van der Waals surface area contributed by atoms with Crippen LogP contribution in [0.4, 0.5) is 4.39 Å². The summed E-state index contributed by atoms with van der Waals surface area (Å²) in [5.41, 5.74) is 0.708. The molecule has 0 radical (unpaired) electrons. The van der Waals surface area contributed by atoms with E-state index in [9.17, 15) is 14.0 Å². The van der Waals surface area contributed by atoms with E-state index in [1.807, 2.05) is 12.3 Å². The van der Waals surface area contributed by atoms with Crippen LogP contribution in [-0.4, -0.2) is 21.2 Å². The first-order valence-electron chi connectivity index (χ1n) is 7.57. The molecule has 2 heterocycles. The van der Waals surface area contributed by atoms with Crippen LogP contribution in [0.5, 0.6) is 0 Å². The number of nitrogens with one attached hydrogen (secondary N) is 1. The van der Waals surface area contributed by atoms with Gasteiger partial charge in [0.25, 0.3) is 5.56 Å². The molecule has 2 aromatic heterocycles. The van der Waals surface area contributed by atoms with Crippen molar-refractivity contribution in [3.63, 3.8) is 0 Å². The van der Waals surface area contributed by atoms with Crippen LogP contribution in [0.25, 0.3) is 10.2 Å². The van der Waals surface area contributed by atoms with E-state index in [1.165, 1.54) is 39.8 Å². The Kier molecular flexibility index (Phi) is 5.19. The number of carbonyl (C=O) groups is 1. The van der Waals surface area contributed by atoms with Crippen molar-refractivity contribution in [3.8, 4) is 0 Å². The summed E-state index contributed by atoms with van der Waals surface area (Å²) in [6.07, 6.45) is 0. The standard InChI is InChI=1S/C17H16FN3O2S2/c1-10(11-3-5-12(18)6-4-11)19-14(22)9-25-17-20-15-13(7-8-24-15)16(23)21(17)2/h3-8,10H,9H2,1-2H3,(H,19,22)/t10-/m1/s1. The highest BCUT2D eigenvalue weighted by Gasteiger charge is 2.13. The van der Waals surface area contributed by atoms with E-state index >= 15 is 0 Å². The number of fused-ring (bicyclic) bond motifs is 1. The Morgan fingerprint density at radius 2 is 2.08 bits per heavy atom. The summed E-state index contributed by atoms with van der Waals surface area (Å²) >= 11 is 2.61. The van der Waals surface area contributed by atoms with E-state index in [4.69, 9.17) is 0 Å². The molecule has 130 valence electrons. The van der Waals surface area contributed by atoms with E-state index < -0.39 is 0 Å². The number of carbonyl (C=O) groups excluding carboxylic acids is 1. The number of hydrogen-bond acceptors (Lipinski definition) is 5. The maximum absolute atomic E-state index is 13.0. The number of benzene rings is 1. The zero-order valence-electron chi connectivity index (χ0n) is 13.7. The fourth-order valence-corrected chi connectivity index (χ4v) is 3.95. The summed E-state index contributed by atoms with van der Waals surface area (Å²) < 4.78 is 14.4. The van der Waals surface area contributed by atoms with E-state index in [0.717, 1.165) is 5.56 Å². The largest absolute Gasteiger partial charge is 0.349 e. The molecule has 0 saturated heterocycles. The minimum atomic E-state index is -0.311. The Bertz CT molecular complexity index is 966. The molecular weight excluding hydrogens is 361 g/mol. The fourth-order valence-electron chi connectivity index (χ4n) is 2.36. The van der Waals surface area contributed by atoms with E-state index in [2.05, 4.69) is 10.3 Å². The van der Waals surface area contributed by atoms with Crippen molar-refractivity contribution in [2.45, 2.75) is 18.1 Å². The van der Waals surface area contributed by atoms with Crippen LogP contribution in [0, 0.1) is 5.82 Å². The van der Waals surface area contributed by atoms with Crippen LogP contribution in [0.2, 0.25) is 0 Å². The van der Waals surface area contributed by atoms with Crippen molar-refractivity contribution >= 4 is 39.2 Å². The van der Waals surface area contributed by atoms with Crippen molar-refractivity contribution in [2.75, 3.05) is 5.75 Å². The SMILES string of the molecule is C[C@@H](NC(=O)CSc1nc2sccc2c(=O)n1C)c1ccc(F)cc1. The average Bonchev–Trinajstić information content (AvgIpc) is 3.06. The smallest absolute Gasteiger partial charge is 0.262 e. The first-order chi connectivity index (χ1) is 12.0. The molecule has 0 saturated carbocycles. The molecule has 0 unspecified atom stereocenters. The molecule has 0 bridgehead atoms. The summed E-state index contributed by atoms with van der Waals surface area (Å²) in [5.74, 6) is -0.348. The Balaban J connectivity index is 1.65. The monoisotopic (exact) mass is 377 g/mol. The van der Waals surface area contributed by atoms with Crippen LogP contribution >= 0.6 is 23.1 Å². The minimum Gasteiger partial charge on any atom is -0.349 e. The van der Waals surface area contributed by atoms with Crippen LogP contribution < -0.4 is 10.9 Å². The van der Waals surface area contributed by atoms with Gasteiger partial charge < -0.3 is 5.32 Å². The number of thioether (sulfide) groups is 1. The van der Waals surface area contributed by atoms with Gasteiger partial charge in [0.15, 0.2) is 5.16 Å². The molecule has 25 heavy (non-hydrogen) atoms. The van der Waals surface area contributed by atoms with Gasteiger partial charge in [0.2, 0.25) is 5.91 Å². The molecule has 1 atom stereocenters. The lowest BCUT2D eigenvalue weighted by Crippen LogP contribution is -2.28. The maximum atomic E-state index is 13.0. The molecule has 0 fully saturated rings. The second-order valence-electron chi connectivity index (χ2n) is 5.53. The molecule has 0 aliphatic rings. The molecule has 1 amide bonds. The van der Waals surface area contributed by atoms with Crippen molar-refractivity contribution in [1.29, 1.82) is 0 Å². The van der Waals surface area contributed by atoms with Gasteiger partial charge >= 0.3 is 0 Å². The van der Waals surface area contributed by atoms with Crippen LogP contribution in [-0.2, 0) is 11.8 Å². The third-order valence-corrected chi connectivity index (χ3v) is 5.58. The Morgan fingerprint density at radius 3 is 2.80 bits per heavy atom. The van der Waals surface area contributed by atoms with E-state index in [0.29, 0.717) is 15.4 Å². The molecule has 1 N–H and O–H groups in total. The molecule has 1 aromatic carbocycles. The van der Waals surface area contributed by atoms with Crippen molar-refractivity contribution in [3.05, 3.63) is 57.4 Å². The van der Waals surface area contributed by atoms with Gasteiger partial charge in [-0.3, -0.25) is 14.2 Å². The van der Waals surface area contributed by atoms with Crippen LogP contribution in [0.3, 0.4) is 0 Å². The normalized spacial score (nSPS) is 12.3. The number of nitrogens with zero attached hydrogens (tertiary/aromatic N) is 2. The van der Waals surface area contributed by atoms with Gasteiger partial charge in [-0.05, 0) is 36.1 Å². The number of amides is 1. The number of halogens is 1. The Labute approximate surface area is 151 Å². The summed E-state index contributed by atoms with van der Waals surface area (Å²) in [7, 11) is 1.65. The predicted octanol–water partition coefficient (Wildman–Crippen LogP) is 3.10. The zero-order valence-corrected chi connectivity index (χ0v) is 15.3. The lowest BCUT2D eigenvalue weighted by molar-refractivity contribution is -0.119. The van der Waals surface area contributed by atoms with Gasteiger partial charge in [0.05, 0.1) is 17.2 Å². The fraction of sp³-hybridized carbons (Fsp3) is 0.235. The summed E-state index contributed by atoms with van der Waals surface area (Å²) in [5, 5.41) is 5.77.